The first-order valence-corrected chi connectivity index (χ1v) is 4.48. The summed E-state index contributed by atoms with van der Waals surface area (Å²) in [6.07, 6.45) is -10.3. The molecular weight excluding hydrogens is 268 g/mol. The number of nitrogens with two attached hydrogens (primary N) is 1. The molecule has 1 aliphatic heterocycles. The second-order valence-corrected chi connectivity index (χ2v) is 3.51. The molecule has 0 bridgehead atoms. The molecule has 18 heavy (non-hydrogen) atoms. The number of fused-ring (bicyclic) bond motifs is 1. The lowest BCUT2D eigenvalue weighted by atomic mass is 10.1. The van der Waals surface area contributed by atoms with Gasteiger partial charge in [0.1, 0.15) is 5.75 Å². The first-order chi connectivity index (χ1) is 8.05. The van der Waals surface area contributed by atoms with Gasteiger partial charge < -0.3 is 10.5 Å². The average Bonchev–Trinajstić information content (AvgIpc) is 2.17. The van der Waals surface area contributed by atoms with Crippen LogP contribution in [0.15, 0.2) is 18.2 Å². The number of alkyl halides is 6. The van der Waals surface area contributed by atoms with E-state index in [0.717, 1.165) is 6.07 Å². The van der Waals surface area contributed by atoms with Crippen molar-refractivity contribution in [1.82, 2.24) is 0 Å². The van der Waals surface area contributed by atoms with Crippen LogP contribution in [-0.4, -0.2) is 12.2 Å². The van der Waals surface area contributed by atoms with Crippen molar-refractivity contribution in [3.05, 3.63) is 23.8 Å². The second kappa shape index (κ2) is 3.44. The lowest BCUT2D eigenvalue weighted by molar-refractivity contribution is -0.486. The second-order valence-electron chi connectivity index (χ2n) is 3.51. The molecule has 1 atom stereocenters. The van der Waals surface area contributed by atoms with Gasteiger partial charge in [-0.15, -0.1) is 0 Å². The highest BCUT2D eigenvalue weighted by Gasteiger charge is 2.68. The van der Waals surface area contributed by atoms with E-state index in [1.54, 1.807) is 0 Å². The van der Waals surface area contributed by atoms with Crippen LogP contribution in [0.25, 0.3) is 0 Å². The van der Waals surface area contributed by atoms with Gasteiger partial charge in [0.2, 0.25) is 0 Å². The molecule has 0 amide bonds. The van der Waals surface area contributed by atoms with Crippen molar-refractivity contribution in [2.75, 3.05) is 5.73 Å². The molecule has 0 saturated carbocycles. The number of hydrogen-bond donors (Lipinski definition) is 1. The Bertz CT molecular complexity index is 488. The normalized spacial score (nSPS) is 26.3. The van der Waals surface area contributed by atoms with Crippen LogP contribution in [0.4, 0.5) is 32.0 Å². The molecule has 0 fully saturated rings. The van der Waals surface area contributed by atoms with E-state index >= 15 is 0 Å². The number of nitrogen functional groups attached to an aromatic ring is 1. The fourth-order valence-corrected chi connectivity index (χ4v) is 1.36. The highest BCUT2D eigenvalue weighted by Crippen LogP contribution is 2.51. The van der Waals surface area contributed by atoms with Crippen LogP contribution in [-0.2, 0) is 10.8 Å². The van der Waals surface area contributed by atoms with E-state index in [1.807, 2.05) is 0 Å². The molecule has 1 unspecified atom stereocenters. The Balaban J connectivity index is 2.54. The maximum absolute atomic E-state index is 13.3. The maximum atomic E-state index is 13.3. The van der Waals surface area contributed by atoms with E-state index in [0.29, 0.717) is 12.1 Å². The van der Waals surface area contributed by atoms with Crippen molar-refractivity contribution in [2.24, 2.45) is 0 Å². The van der Waals surface area contributed by atoms with E-state index in [4.69, 9.17) is 5.73 Å². The predicted octanol–water partition coefficient (Wildman–Crippen LogP) is 2.91. The minimum absolute atomic E-state index is 0.154. The predicted molar refractivity (Wildman–Crippen MR) is 46.4 cm³/mol. The Morgan fingerprint density at radius 2 is 1.72 bits per heavy atom. The third-order valence-electron chi connectivity index (χ3n) is 2.16. The third-order valence-corrected chi connectivity index (χ3v) is 2.16. The summed E-state index contributed by atoms with van der Waals surface area (Å²) >= 11 is 0. The molecule has 1 heterocycles. The maximum Gasteiger partial charge on any atom is 0.491 e. The van der Waals surface area contributed by atoms with Crippen molar-refractivity contribution < 1.29 is 35.8 Å². The van der Waals surface area contributed by atoms with Crippen LogP contribution >= 0.6 is 0 Å². The van der Waals surface area contributed by atoms with E-state index in [9.17, 15) is 26.3 Å². The number of anilines is 1. The molecule has 100 valence electrons. The van der Waals surface area contributed by atoms with Gasteiger partial charge in [-0.3, -0.25) is 0 Å². The SMILES string of the molecule is Nc1ccc2c(c1)C(F)(F)OC(F)(C(F)(F)F)O2. The zero-order valence-electron chi connectivity index (χ0n) is 8.39. The van der Waals surface area contributed by atoms with Gasteiger partial charge >= 0.3 is 18.3 Å². The molecule has 0 spiro atoms. The summed E-state index contributed by atoms with van der Waals surface area (Å²) in [5.74, 6) is -0.986. The number of benzene rings is 1. The molecule has 0 aliphatic carbocycles. The van der Waals surface area contributed by atoms with Gasteiger partial charge in [-0.25, -0.2) is 4.74 Å². The Morgan fingerprint density at radius 1 is 1.11 bits per heavy atom. The standard InChI is InChI=1S/C9H5F6NO2/c10-7(11)5-3-4(16)1-2-6(5)17-9(15,18-7)8(12,13)14/h1-3H,16H2. The Morgan fingerprint density at radius 3 is 2.28 bits per heavy atom. The molecule has 0 aromatic heterocycles. The van der Waals surface area contributed by atoms with Crippen LogP contribution in [0.2, 0.25) is 0 Å². The highest BCUT2D eigenvalue weighted by molar-refractivity contribution is 5.49. The quantitative estimate of drug-likeness (QED) is 0.584. The van der Waals surface area contributed by atoms with Gasteiger partial charge in [0, 0.05) is 5.69 Å². The van der Waals surface area contributed by atoms with Crippen molar-refractivity contribution in [1.29, 1.82) is 0 Å². The molecular formula is C9H5F6NO2. The van der Waals surface area contributed by atoms with Gasteiger partial charge in [-0.05, 0) is 18.2 Å². The molecule has 9 heteroatoms. The average molecular weight is 273 g/mol. The largest absolute Gasteiger partial charge is 0.491 e. The summed E-state index contributed by atoms with van der Waals surface area (Å²) in [6, 6.07) is -2.55. The van der Waals surface area contributed by atoms with Gasteiger partial charge in [0.05, 0.1) is 5.56 Å². The fraction of sp³-hybridized carbons (Fsp3) is 0.333. The first kappa shape index (κ1) is 12.8. The molecule has 0 radical (unpaired) electrons. The van der Waals surface area contributed by atoms with Crippen molar-refractivity contribution in [3.8, 4) is 5.75 Å². The number of rotatable bonds is 0. The summed E-state index contributed by atoms with van der Waals surface area (Å²) in [6.45, 7) is 0. The summed E-state index contributed by atoms with van der Waals surface area (Å²) in [7, 11) is 0. The van der Waals surface area contributed by atoms with Crippen LogP contribution < -0.4 is 10.5 Å². The third kappa shape index (κ3) is 1.84. The number of hydrogen-bond acceptors (Lipinski definition) is 3. The summed E-state index contributed by atoms with van der Waals surface area (Å²) < 4.78 is 83.6. The van der Waals surface area contributed by atoms with Crippen molar-refractivity contribution in [3.63, 3.8) is 0 Å². The lowest BCUT2D eigenvalue weighted by Crippen LogP contribution is -2.54. The molecule has 1 aliphatic rings. The zero-order valence-corrected chi connectivity index (χ0v) is 8.39. The number of halogens is 6. The topological polar surface area (TPSA) is 44.5 Å². The molecule has 1 aromatic carbocycles. The minimum atomic E-state index is -5.77. The minimum Gasteiger partial charge on any atom is -0.428 e. The zero-order chi connectivity index (χ0) is 13.8. The first-order valence-electron chi connectivity index (χ1n) is 4.48. The van der Waals surface area contributed by atoms with E-state index in [2.05, 4.69) is 9.47 Å². The summed E-state index contributed by atoms with van der Waals surface area (Å²) in [5.41, 5.74) is 3.97. The van der Waals surface area contributed by atoms with E-state index < -0.39 is 29.6 Å². The Kier molecular flexibility index (Phi) is 2.45. The van der Waals surface area contributed by atoms with Crippen molar-refractivity contribution >= 4 is 5.69 Å². The summed E-state index contributed by atoms with van der Waals surface area (Å²) in [5, 5.41) is 0. The lowest BCUT2D eigenvalue weighted by Gasteiger charge is -2.36. The van der Waals surface area contributed by atoms with Crippen molar-refractivity contribution in [2.45, 2.75) is 18.3 Å². The van der Waals surface area contributed by atoms with Crippen LogP contribution in [0.5, 0.6) is 5.75 Å². The number of ether oxygens (including phenoxy) is 2. The van der Waals surface area contributed by atoms with Gasteiger partial charge in [0.15, 0.2) is 0 Å². The smallest absolute Gasteiger partial charge is 0.428 e. The Labute approximate surface area is 96.1 Å². The summed E-state index contributed by atoms with van der Waals surface area (Å²) in [4.78, 5) is 0. The van der Waals surface area contributed by atoms with Gasteiger partial charge in [-0.2, -0.15) is 26.3 Å². The molecule has 0 saturated heterocycles. The Hall–Kier alpha value is -1.64. The van der Waals surface area contributed by atoms with E-state index in [-0.39, 0.29) is 5.69 Å². The van der Waals surface area contributed by atoms with Crippen LogP contribution in [0.1, 0.15) is 5.56 Å². The van der Waals surface area contributed by atoms with E-state index in [1.165, 1.54) is 0 Å². The highest BCUT2D eigenvalue weighted by atomic mass is 19.4. The molecule has 2 N–H and O–H groups in total. The van der Waals surface area contributed by atoms with Gasteiger partial charge in [0.25, 0.3) is 0 Å². The molecule has 1 aromatic rings. The molecule has 2 rings (SSSR count). The molecule has 3 nitrogen and oxygen atoms in total. The fourth-order valence-electron chi connectivity index (χ4n) is 1.36. The van der Waals surface area contributed by atoms with Gasteiger partial charge in [-0.1, -0.05) is 0 Å². The monoisotopic (exact) mass is 273 g/mol. The van der Waals surface area contributed by atoms with Crippen LogP contribution in [0, 0.1) is 0 Å². The van der Waals surface area contributed by atoms with Crippen LogP contribution in [0.3, 0.4) is 0 Å².